The summed E-state index contributed by atoms with van der Waals surface area (Å²) in [6, 6.07) is 19.1. The van der Waals surface area contributed by atoms with Crippen LogP contribution in [0.5, 0.6) is 0 Å². The normalized spacial score (nSPS) is 17.5. The molecule has 0 aliphatic carbocycles. The Morgan fingerprint density at radius 3 is 2.46 bits per heavy atom. The lowest BCUT2D eigenvalue weighted by molar-refractivity contribution is 0.180. The standard InChI is InChI=1S/C23H32N4O/c1-26(2)16-21-12-10-19(11-13-21)15-24-23(28)25-22-9-6-14-27(18-22)17-20-7-4-3-5-8-20/h3-5,7-8,10-13,22H,6,9,14-18H2,1-2H3,(H2,24,25,28). The van der Waals surface area contributed by atoms with E-state index in [0.29, 0.717) is 6.54 Å². The maximum absolute atomic E-state index is 12.3. The molecule has 0 radical (unpaired) electrons. The van der Waals surface area contributed by atoms with Crippen LogP contribution < -0.4 is 10.6 Å². The Morgan fingerprint density at radius 2 is 1.75 bits per heavy atom. The first-order valence-corrected chi connectivity index (χ1v) is 10.1. The molecule has 1 heterocycles. The fraction of sp³-hybridized carbons (Fsp3) is 0.435. The Hall–Kier alpha value is -2.37. The highest BCUT2D eigenvalue weighted by molar-refractivity contribution is 5.74. The predicted molar refractivity (Wildman–Crippen MR) is 114 cm³/mol. The predicted octanol–water partition coefficient (Wildman–Crippen LogP) is 3.21. The number of carbonyl (C=O) groups excluding carboxylic acids is 1. The molecular formula is C23H32N4O. The van der Waals surface area contributed by atoms with Crippen LogP contribution in [-0.4, -0.2) is 49.1 Å². The maximum atomic E-state index is 12.3. The average Bonchev–Trinajstić information content (AvgIpc) is 2.68. The molecule has 1 aliphatic rings. The lowest BCUT2D eigenvalue weighted by atomic mass is 10.0. The van der Waals surface area contributed by atoms with E-state index in [0.717, 1.165) is 44.6 Å². The van der Waals surface area contributed by atoms with E-state index < -0.39 is 0 Å². The van der Waals surface area contributed by atoms with Gasteiger partial charge in [0.1, 0.15) is 0 Å². The van der Waals surface area contributed by atoms with Gasteiger partial charge in [0.15, 0.2) is 0 Å². The topological polar surface area (TPSA) is 47.6 Å². The van der Waals surface area contributed by atoms with Crippen LogP contribution in [-0.2, 0) is 19.6 Å². The van der Waals surface area contributed by atoms with Gasteiger partial charge in [0.25, 0.3) is 0 Å². The van der Waals surface area contributed by atoms with Crippen molar-refractivity contribution in [3.8, 4) is 0 Å². The molecule has 3 rings (SSSR count). The summed E-state index contributed by atoms with van der Waals surface area (Å²) in [5.74, 6) is 0. The number of benzene rings is 2. The number of likely N-dealkylation sites (tertiary alicyclic amines) is 1. The number of nitrogens with zero attached hydrogens (tertiary/aromatic N) is 2. The SMILES string of the molecule is CN(C)Cc1ccc(CNC(=O)NC2CCCN(Cc3ccccc3)C2)cc1. The van der Waals surface area contributed by atoms with Crippen molar-refractivity contribution < 1.29 is 4.79 Å². The first-order chi connectivity index (χ1) is 13.6. The molecule has 1 fully saturated rings. The minimum absolute atomic E-state index is 0.0797. The highest BCUT2D eigenvalue weighted by atomic mass is 16.2. The van der Waals surface area contributed by atoms with Gasteiger partial charge >= 0.3 is 6.03 Å². The van der Waals surface area contributed by atoms with E-state index >= 15 is 0 Å². The van der Waals surface area contributed by atoms with Crippen LogP contribution in [0.4, 0.5) is 4.79 Å². The lowest BCUT2D eigenvalue weighted by Crippen LogP contribution is -2.50. The zero-order chi connectivity index (χ0) is 19.8. The van der Waals surface area contributed by atoms with Crippen LogP contribution in [0.3, 0.4) is 0 Å². The third-order valence-electron chi connectivity index (χ3n) is 5.06. The fourth-order valence-corrected chi connectivity index (χ4v) is 3.71. The zero-order valence-electron chi connectivity index (χ0n) is 17.0. The average molecular weight is 381 g/mol. The Kier molecular flexibility index (Phi) is 7.46. The van der Waals surface area contributed by atoms with E-state index in [1.807, 2.05) is 6.07 Å². The molecule has 1 atom stereocenters. The quantitative estimate of drug-likeness (QED) is 0.775. The molecule has 2 N–H and O–H groups in total. The minimum Gasteiger partial charge on any atom is -0.334 e. The van der Waals surface area contributed by atoms with Crippen molar-refractivity contribution in [3.05, 3.63) is 71.3 Å². The molecular weight excluding hydrogens is 348 g/mol. The summed E-state index contributed by atoms with van der Waals surface area (Å²) in [5.41, 5.74) is 3.72. The third kappa shape index (κ3) is 6.66. The molecule has 2 aromatic rings. The second-order valence-electron chi connectivity index (χ2n) is 7.94. The molecule has 1 unspecified atom stereocenters. The monoisotopic (exact) mass is 380 g/mol. The zero-order valence-corrected chi connectivity index (χ0v) is 17.0. The van der Waals surface area contributed by atoms with Crippen molar-refractivity contribution in [1.82, 2.24) is 20.4 Å². The molecule has 0 bridgehead atoms. The first kappa shape index (κ1) is 20.4. The molecule has 28 heavy (non-hydrogen) atoms. The van der Waals surface area contributed by atoms with Gasteiger partial charge in [-0.3, -0.25) is 4.90 Å². The number of hydrogen-bond acceptors (Lipinski definition) is 3. The second kappa shape index (κ2) is 10.2. The van der Waals surface area contributed by atoms with Crippen molar-refractivity contribution in [2.75, 3.05) is 27.2 Å². The third-order valence-corrected chi connectivity index (χ3v) is 5.06. The Balaban J connectivity index is 1.41. The Labute approximate surface area is 168 Å². The summed E-state index contributed by atoms with van der Waals surface area (Å²) in [7, 11) is 4.12. The van der Waals surface area contributed by atoms with Gasteiger partial charge in [0, 0.05) is 32.2 Å². The van der Waals surface area contributed by atoms with Gasteiger partial charge in [-0.25, -0.2) is 4.79 Å². The lowest BCUT2D eigenvalue weighted by Gasteiger charge is -2.33. The molecule has 2 amide bonds. The van der Waals surface area contributed by atoms with Crippen LogP contribution in [0.15, 0.2) is 54.6 Å². The molecule has 5 heteroatoms. The smallest absolute Gasteiger partial charge is 0.315 e. The van der Waals surface area contributed by atoms with Crippen molar-refractivity contribution >= 4 is 6.03 Å². The molecule has 1 aliphatic heterocycles. The number of amides is 2. The Morgan fingerprint density at radius 1 is 1.04 bits per heavy atom. The summed E-state index contributed by atoms with van der Waals surface area (Å²) in [6.07, 6.45) is 2.16. The number of urea groups is 1. The summed E-state index contributed by atoms with van der Waals surface area (Å²) < 4.78 is 0. The van der Waals surface area contributed by atoms with E-state index in [1.165, 1.54) is 11.1 Å². The summed E-state index contributed by atoms with van der Waals surface area (Å²) >= 11 is 0. The van der Waals surface area contributed by atoms with Crippen molar-refractivity contribution in [2.24, 2.45) is 0 Å². The molecule has 0 spiro atoms. The molecule has 0 aromatic heterocycles. The van der Waals surface area contributed by atoms with Crippen LogP contribution in [0, 0.1) is 0 Å². The highest BCUT2D eigenvalue weighted by Gasteiger charge is 2.21. The number of piperidine rings is 1. The number of carbonyl (C=O) groups is 1. The molecule has 150 valence electrons. The number of nitrogens with one attached hydrogen (secondary N) is 2. The van der Waals surface area contributed by atoms with E-state index in [9.17, 15) is 4.79 Å². The van der Waals surface area contributed by atoms with Crippen molar-refractivity contribution in [2.45, 2.75) is 38.5 Å². The largest absolute Gasteiger partial charge is 0.334 e. The van der Waals surface area contributed by atoms with Crippen molar-refractivity contribution in [3.63, 3.8) is 0 Å². The van der Waals surface area contributed by atoms with Gasteiger partial charge in [-0.1, -0.05) is 54.6 Å². The molecule has 2 aromatic carbocycles. The van der Waals surface area contributed by atoms with E-state index in [2.05, 4.69) is 83.1 Å². The maximum Gasteiger partial charge on any atom is 0.315 e. The van der Waals surface area contributed by atoms with E-state index in [4.69, 9.17) is 0 Å². The Bertz CT molecular complexity index is 730. The van der Waals surface area contributed by atoms with Crippen LogP contribution in [0.2, 0.25) is 0 Å². The van der Waals surface area contributed by atoms with Gasteiger partial charge in [-0.15, -0.1) is 0 Å². The fourth-order valence-electron chi connectivity index (χ4n) is 3.71. The van der Waals surface area contributed by atoms with Gasteiger partial charge in [-0.05, 0) is 50.2 Å². The highest BCUT2D eigenvalue weighted by Crippen LogP contribution is 2.14. The van der Waals surface area contributed by atoms with E-state index in [1.54, 1.807) is 0 Å². The molecule has 1 saturated heterocycles. The first-order valence-electron chi connectivity index (χ1n) is 10.1. The van der Waals surface area contributed by atoms with Crippen LogP contribution in [0.25, 0.3) is 0 Å². The van der Waals surface area contributed by atoms with Gasteiger partial charge < -0.3 is 15.5 Å². The van der Waals surface area contributed by atoms with Crippen LogP contribution in [0.1, 0.15) is 29.5 Å². The minimum atomic E-state index is -0.0797. The molecule has 0 saturated carbocycles. The number of rotatable bonds is 7. The summed E-state index contributed by atoms with van der Waals surface area (Å²) in [6.45, 7) is 4.42. The number of hydrogen-bond donors (Lipinski definition) is 2. The summed E-state index contributed by atoms with van der Waals surface area (Å²) in [5, 5.41) is 6.14. The summed E-state index contributed by atoms with van der Waals surface area (Å²) in [4.78, 5) is 16.9. The van der Waals surface area contributed by atoms with E-state index in [-0.39, 0.29) is 12.1 Å². The van der Waals surface area contributed by atoms with Gasteiger partial charge in [-0.2, -0.15) is 0 Å². The molecule has 5 nitrogen and oxygen atoms in total. The van der Waals surface area contributed by atoms with Gasteiger partial charge in [0.2, 0.25) is 0 Å². The van der Waals surface area contributed by atoms with Gasteiger partial charge in [0.05, 0.1) is 0 Å². The van der Waals surface area contributed by atoms with Crippen molar-refractivity contribution in [1.29, 1.82) is 0 Å². The van der Waals surface area contributed by atoms with Crippen LogP contribution >= 0.6 is 0 Å². The second-order valence-corrected chi connectivity index (χ2v) is 7.94.